The number of pyridine rings is 1. The van der Waals surface area contributed by atoms with Crippen LogP contribution in [-0.4, -0.2) is 75.6 Å². The Morgan fingerprint density at radius 2 is 1.90 bits per heavy atom. The van der Waals surface area contributed by atoms with Crippen molar-refractivity contribution in [3.63, 3.8) is 0 Å². The number of halogens is 2. The molecule has 4 heterocycles. The fourth-order valence-corrected chi connectivity index (χ4v) is 5.80. The number of rotatable bonds is 7. The summed E-state index contributed by atoms with van der Waals surface area (Å²) in [6, 6.07) is 7.21. The van der Waals surface area contributed by atoms with Crippen molar-refractivity contribution in [3.8, 4) is 0 Å². The minimum absolute atomic E-state index is 0.134. The SMILES string of the molecule is Cc1ccnc(Nc2nc(Nc3cc(C)c(C4CCN(C(=O)[C@@H]5COCCN5C(C)C)CC4)cc3F)ncc2Cl)c1. The molecule has 9 nitrogen and oxygen atoms in total. The van der Waals surface area contributed by atoms with Crippen molar-refractivity contribution in [1.29, 1.82) is 0 Å². The predicted molar refractivity (Wildman–Crippen MR) is 159 cm³/mol. The Balaban J connectivity index is 1.24. The summed E-state index contributed by atoms with van der Waals surface area (Å²) in [6.45, 7) is 11.3. The number of anilines is 4. The van der Waals surface area contributed by atoms with Gasteiger partial charge in [-0.3, -0.25) is 9.69 Å². The molecule has 2 saturated heterocycles. The number of nitrogens with zero attached hydrogens (tertiary/aromatic N) is 5. The lowest BCUT2D eigenvalue weighted by molar-refractivity contribution is -0.145. The molecular formula is C30H37ClFN7O2. The summed E-state index contributed by atoms with van der Waals surface area (Å²) in [5.41, 5.74) is 3.26. The number of carbonyl (C=O) groups excluding carboxylic acids is 1. The van der Waals surface area contributed by atoms with E-state index in [4.69, 9.17) is 16.3 Å². The first-order valence-electron chi connectivity index (χ1n) is 14.1. The lowest BCUT2D eigenvalue weighted by Gasteiger charge is -2.41. The van der Waals surface area contributed by atoms with Gasteiger partial charge in [0.1, 0.15) is 22.7 Å². The first-order chi connectivity index (χ1) is 19.7. The van der Waals surface area contributed by atoms with E-state index in [2.05, 4.69) is 44.3 Å². The highest BCUT2D eigenvalue weighted by molar-refractivity contribution is 6.32. The number of benzene rings is 1. The maximum atomic E-state index is 15.4. The van der Waals surface area contributed by atoms with Gasteiger partial charge >= 0.3 is 0 Å². The van der Waals surface area contributed by atoms with E-state index in [-0.39, 0.29) is 41.4 Å². The van der Waals surface area contributed by atoms with Crippen molar-refractivity contribution < 1.29 is 13.9 Å². The van der Waals surface area contributed by atoms with Crippen molar-refractivity contribution in [2.24, 2.45) is 0 Å². The van der Waals surface area contributed by atoms with Crippen molar-refractivity contribution in [1.82, 2.24) is 24.8 Å². The van der Waals surface area contributed by atoms with E-state index in [1.165, 1.54) is 6.20 Å². The van der Waals surface area contributed by atoms with Gasteiger partial charge in [-0.05, 0) is 87.4 Å². The molecule has 0 spiro atoms. The molecule has 218 valence electrons. The molecule has 2 N–H and O–H groups in total. The van der Waals surface area contributed by atoms with E-state index in [9.17, 15) is 4.79 Å². The number of morpholine rings is 1. The molecule has 3 aromatic rings. The van der Waals surface area contributed by atoms with Crippen LogP contribution in [0.2, 0.25) is 5.02 Å². The summed E-state index contributed by atoms with van der Waals surface area (Å²) in [4.78, 5) is 30.4. The molecule has 2 fully saturated rings. The van der Waals surface area contributed by atoms with Crippen LogP contribution in [-0.2, 0) is 9.53 Å². The number of aryl methyl sites for hydroxylation is 2. The molecule has 11 heteroatoms. The Kier molecular flexibility index (Phi) is 9.01. The molecule has 2 aromatic heterocycles. The second-order valence-electron chi connectivity index (χ2n) is 11.1. The molecule has 2 aliphatic heterocycles. The zero-order valence-corrected chi connectivity index (χ0v) is 24.7. The summed E-state index contributed by atoms with van der Waals surface area (Å²) in [5, 5.41) is 6.41. The number of hydrogen-bond acceptors (Lipinski definition) is 8. The molecule has 0 bridgehead atoms. The highest BCUT2D eigenvalue weighted by Gasteiger charge is 2.35. The average molecular weight is 582 g/mol. The molecule has 5 rings (SSSR count). The zero-order valence-electron chi connectivity index (χ0n) is 24.0. The molecule has 1 aromatic carbocycles. The van der Waals surface area contributed by atoms with Gasteiger partial charge in [0.15, 0.2) is 5.82 Å². The number of ether oxygens (including phenoxy) is 1. The van der Waals surface area contributed by atoms with Crippen LogP contribution in [0.1, 0.15) is 49.3 Å². The Morgan fingerprint density at radius 3 is 2.63 bits per heavy atom. The summed E-state index contributed by atoms with van der Waals surface area (Å²) >= 11 is 6.30. The molecule has 0 saturated carbocycles. The number of nitrogens with one attached hydrogen (secondary N) is 2. The average Bonchev–Trinajstić information content (AvgIpc) is 2.96. The fourth-order valence-electron chi connectivity index (χ4n) is 5.66. The quantitative estimate of drug-likeness (QED) is 0.373. The number of aromatic nitrogens is 3. The molecule has 2 aliphatic rings. The van der Waals surface area contributed by atoms with E-state index in [0.29, 0.717) is 43.0 Å². The first kappa shape index (κ1) is 29.2. The Hall–Kier alpha value is -3.34. The lowest BCUT2D eigenvalue weighted by Crippen LogP contribution is -2.57. The third-order valence-electron chi connectivity index (χ3n) is 7.87. The number of piperidine rings is 1. The molecule has 1 atom stereocenters. The van der Waals surface area contributed by atoms with Crippen LogP contribution in [0.4, 0.5) is 27.7 Å². The van der Waals surface area contributed by atoms with Crippen LogP contribution < -0.4 is 10.6 Å². The topological polar surface area (TPSA) is 95.5 Å². The van der Waals surface area contributed by atoms with Crippen molar-refractivity contribution >= 4 is 40.8 Å². The van der Waals surface area contributed by atoms with Gasteiger partial charge in [-0.15, -0.1) is 0 Å². The molecule has 0 unspecified atom stereocenters. The Labute approximate surface area is 245 Å². The normalized spacial score (nSPS) is 18.5. The van der Waals surface area contributed by atoms with Crippen LogP contribution in [0.25, 0.3) is 0 Å². The van der Waals surface area contributed by atoms with Gasteiger partial charge in [-0.2, -0.15) is 4.98 Å². The zero-order chi connectivity index (χ0) is 29.1. The maximum absolute atomic E-state index is 15.4. The number of carbonyl (C=O) groups is 1. The molecule has 41 heavy (non-hydrogen) atoms. The third-order valence-corrected chi connectivity index (χ3v) is 8.15. The van der Waals surface area contributed by atoms with Crippen LogP contribution >= 0.6 is 11.6 Å². The van der Waals surface area contributed by atoms with E-state index in [1.807, 2.05) is 30.9 Å². The highest BCUT2D eigenvalue weighted by Crippen LogP contribution is 2.34. The van der Waals surface area contributed by atoms with Gasteiger partial charge in [0.2, 0.25) is 11.9 Å². The maximum Gasteiger partial charge on any atom is 0.242 e. The second-order valence-corrected chi connectivity index (χ2v) is 11.5. The number of hydrogen-bond donors (Lipinski definition) is 2. The minimum atomic E-state index is -0.385. The Bertz CT molecular complexity index is 1400. The molecular weight excluding hydrogens is 545 g/mol. The van der Waals surface area contributed by atoms with Crippen molar-refractivity contribution in [3.05, 3.63) is 64.2 Å². The number of amides is 1. The summed E-state index contributed by atoms with van der Waals surface area (Å²) in [7, 11) is 0. The van der Waals surface area contributed by atoms with Gasteiger partial charge in [0.25, 0.3) is 0 Å². The van der Waals surface area contributed by atoms with Gasteiger partial charge in [0.05, 0.1) is 25.1 Å². The summed E-state index contributed by atoms with van der Waals surface area (Å²) in [5.74, 6) is 1.10. The van der Waals surface area contributed by atoms with E-state index < -0.39 is 0 Å². The smallest absolute Gasteiger partial charge is 0.242 e. The summed E-state index contributed by atoms with van der Waals surface area (Å²) < 4.78 is 21.0. The lowest BCUT2D eigenvalue weighted by atomic mass is 9.86. The first-order valence-corrected chi connectivity index (χ1v) is 14.5. The largest absolute Gasteiger partial charge is 0.378 e. The number of likely N-dealkylation sites (tertiary alicyclic amines) is 1. The molecule has 0 radical (unpaired) electrons. The van der Waals surface area contributed by atoms with Gasteiger partial charge < -0.3 is 20.3 Å². The van der Waals surface area contributed by atoms with E-state index in [0.717, 1.165) is 36.1 Å². The van der Waals surface area contributed by atoms with Gasteiger partial charge in [0, 0.05) is 31.9 Å². The second kappa shape index (κ2) is 12.7. The molecule has 1 amide bonds. The van der Waals surface area contributed by atoms with Gasteiger partial charge in [-0.1, -0.05) is 11.6 Å². The van der Waals surface area contributed by atoms with Crippen molar-refractivity contribution in [2.75, 3.05) is 43.5 Å². The predicted octanol–water partition coefficient (Wildman–Crippen LogP) is 5.58. The van der Waals surface area contributed by atoms with Crippen LogP contribution in [0.3, 0.4) is 0 Å². The fraction of sp³-hybridized carbons (Fsp3) is 0.467. The minimum Gasteiger partial charge on any atom is -0.378 e. The third kappa shape index (κ3) is 6.77. The monoisotopic (exact) mass is 581 g/mol. The van der Waals surface area contributed by atoms with Crippen LogP contribution in [0, 0.1) is 19.7 Å². The van der Waals surface area contributed by atoms with E-state index >= 15 is 4.39 Å². The highest BCUT2D eigenvalue weighted by atomic mass is 35.5. The van der Waals surface area contributed by atoms with Crippen molar-refractivity contribution in [2.45, 2.75) is 58.5 Å². The van der Waals surface area contributed by atoms with Crippen LogP contribution in [0.5, 0.6) is 0 Å². The van der Waals surface area contributed by atoms with Gasteiger partial charge in [-0.25, -0.2) is 14.4 Å². The standard InChI is InChI=1S/C30H37ClFN7O2/c1-18(2)39-11-12-41-17-26(39)29(40)38-9-6-21(7-10-38)22-15-24(32)25(14-20(22)4)35-30-34-16-23(31)28(37-30)36-27-13-19(3)5-8-33-27/h5,8,13-16,18,21,26H,6-7,9-12,17H2,1-4H3,(H2,33,34,35,36,37)/t26-/m0/s1. The van der Waals surface area contributed by atoms with E-state index in [1.54, 1.807) is 18.3 Å². The Morgan fingerprint density at radius 1 is 1.12 bits per heavy atom. The summed E-state index contributed by atoms with van der Waals surface area (Å²) in [6.07, 6.45) is 4.73. The van der Waals surface area contributed by atoms with Crippen LogP contribution in [0.15, 0.2) is 36.7 Å². The molecule has 0 aliphatic carbocycles.